The number of rotatable bonds is 4. The van der Waals surface area contributed by atoms with Gasteiger partial charge in [-0.05, 0) is 37.3 Å². The van der Waals surface area contributed by atoms with E-state index in [1.54, 1.807) is 17.7 Å². The summed E-state index contributed by atoms with van der Waals surface area (Å²) in [5, 5.41) is 0. The summed E-state index contributed by atoms with van der Waals surface area (Å²) in [5.41, 5.74) is 8.27. The molecule has 108 valence electrons. The first-order valence-corrected chi connectivity index (χ1v) is 6.65. The Hall–Kier alpha value is -2.76. The van der Waals surface area contributed by atoms with Gasteiger partial charge < -0.3 is 15.2 Å². The van der Waals surface area contributed by atoms with Crippen LogP contribution in [0.5, 0.6) is 11.6 Å². The molecule has 0 saturated carbocycles. The van der Waals surface area contributed by atoms with Crippen molar-refractivity contribution >= 4 is 17.1 Å². The van der Waals surface area contributed by atoms with Crippen LogP contribution >= 0.6 is 0 Å². The molecule has 0 saturated heterocycles. The third kappa shape index (κ3) is 2.35. The minimum atomic E-state index is 0.384. The van der Waals surface area contributed by atoms with Gasteiger partial charge in [0.1, 0.15) is 11.3 Å². The molecule has 2 heterocycles. The first kappa shape index (κ1) is 13.2. The lowest BCUT2D eigenvalue weighted by molar-refractivity contribution is 0.340. The third-order valence-electron chi connectivity index (χ3n) is 3.12. The van der Waals surface area contributed by atoms with Crippen molar-refractivity contribution in [3.8, 4) is 17.3 Å². The molecule has 3 rings (SSSR count). The normalized spacial score (nSPS) is 10.8. The molecule has 0 bridgehead atoms. The van der Waals surface area contributed by atoms with E-state index in [9.17, 15) is 0 Å². The predicted molar refractivity (Wildman–Crippen MR) is 81.0 cm³/mol. The molecule has 21 heavy (non-hydrogen) atoms. The Labute approximate surface area is 122 Å². The second-order valence-corrected chi connectivity index (χ2v) is 4.43. The zero-order valence-electron chi connectivity index (χ0n) is 11.9. The van der Waals surface area contributed by atoms with Gasteiger partial charge in [-0.25, -0.2) is 4.98 Å². The van der Waals surface area contributed by atoms with E-state index in [0.29, 0.717) is 24.1 Å². The van der Waals surface area contributed by atoms with Gasteiger partial charge in [0.05, 0.1) is 19.4 Å². The van der Waals surface area contributed by atoms with E-state index in [2.05, 4.69) is 9.97 Å². The second kappa shape index (κ2) is 5.32. The Balaban J connectivity index is 2.12. The van der Waals surface area contributed by atoms with Gasteiger partial charge in [-0.3, -0.25) is 4.57 Å². The van der Waals surface area contributed by atoms with E-state index >= 15 is 0 Å². The molecule has 0 aliphatic rings. The van der Waals surface area contributed by atoms with Gasteiger partial charge >= 0.3 is 0 Å². The molecule has 1 aromatic carbocycles. The number of fused-ring (bicyclic) bond motifs is 1. The Morgan fingerprint density at radius 3 is 2.52 bits per heavy atom. The lowest BCUT2D eigenvalue weighted by Gasteiger charge is -2.08. The molecule has 0 unspecified atom stereocenters. The van der Waals surface area contributed by atoms with Crippen molar-refractivity contribution in [2.45, 2.75) is 6.92 Å². The molecule has 2 aromatic heterocycles. The van der Waals surface area contributed by atoms with E-state index < -0.39 is 0 Å². The minimum absolute atomic E-state index is 0.384. The molecule has 0 aliphatic carbocycles. The van der Waals surface area contributed by atoms with Crippen molar-refractivity contribution in [2.24, 2.45) is 0 Å². The number of anilines is 1. The highest BCUT2D eigenvalue weighted by Crippen LogP contribution is 2.25. The quantitative estimate of drug-likeness (QED) is 0.796. The molecule has 0 aliphatic heterocycles. The largest absolute Gasteiger partial charge is 0.494 e. The van der Waals surface area contributed by atoms with Gasteiger partial charge in [-0.2, -0.15) is 4.98 Å². The Bertz CT molecular complexity index is 765. The maximum absolute atomic E-state index is 6.01. The van der Waals surface area contributed by atoms with Crippen LogP contribution in [-0.4, -0.2) is 28.3 Å². The number of nitrogens with two attached hydrogens (primary N) is 1. The van der Waals surface area contributed by atoms with Crippen LogP contribution < -0.4 is 15.2 Å². The molecule has 6 nitrogen and oxygen atoms in total. The van der Waals surface area contributed by atoms with Crippen LogP contribution in [0.15, 0.2) is 36.4 Å². The Kier molecular flexibility index (Phi) is 3.35. The number of aromatic nitrogens is 3. The average molecular weight is 284 g/mol. The number of hydrogen-bond donors (Lipinski definition) is 1. The van der Waals surface area contributed by atoms with Gasteiger partial charge in [0.25, 0.3) is 0 Å². The first-order chi connectivity index (χ1) is 10.2. The lowest BCUT2D eigenvalue weighted by atomic mass is 10.3. The number of nitrogen functional groups attached to an aromatic ring is 1. The van der Waals surface area contributed by atoms with Gasteiger partial charge in [-0.1, -0.05) is 0 Å². The van der Waals surface area contributed by atoms with Gasteiger partial charge in [-0.15, -0.1) is 0 Å². The zero-order chi connectivity index (χ0) is 14.8. The third-order valence-corrected chi connectivity index (χ3v) is 3.12. The molecular formula is C15H16N4O2. The predicted octanol–water partition coefficient (Wildman–Crippen LogP) is 2.41. The standard InChI is InChI=1S/C15H16N4O2/c1-3-21-11-6-4-10(5-7-11)19-14-12(17-15(19)16)8-9-13(18-14)20-2/h4-9H,3H2,1-2H3,(H2,16,17). The first-order valence-electron chi connectivity index (χ1n) is 6.65. The second-order valence-electron chi connectivity index (χ2n) is 4.43. The summed E-state index contributed by atoms with van der Waals surface area (Å²) in [5.74, 6) is 1.72. The van der Waals surface area contributed by atoms with Gasteiger partial charge in [0.15, 0.2) is 5.65 Å². The van der Waals surface area contributed by atoms with E-state index in [-0.39, 0.29) is 0 Å². The lowest BCUT2D eigenvalue weighted by Crippen LogP contribution is -2.02. The molecule has 6 heteroatoms. The fourth-order valence-corrected chi connectivity index (χ4v) is 2.18. The van der Waals surface area contributed by atoms with Gasteiger partial charge in [0.2, 0.25) is 11.8 Å². The van der Waals surface area contributed by atoms with Crippen molar-refractivity contribution in [3.63, 3.8) is 0 Å². The van der Waals surface area contributed by atoms with E-state index in [1.165, 1.54) is 0 Å². The van der Waals surface area contributed by atoms with Crippen LogP contribution in [-0.2, 0) is 0 Å². The topological polar surface area (TPSA) is 75.2 Å². The number of imidazole rings is 1. The molecular weight excluding hydrogens is 268 g/mol. The van der Waals surface area contributed by atoms with E-state index in [0.717, 1.165) is 17.0 Å². The number of nitrogens with zero attached hydrogens (tertiary/aromatic N) is 3. The van der Waals surface area contributed by atoms with E-state index in [4.69, 9.17) is 15.2 Å². The molecule has 0 spiro atoms. The van der Waals surface area contributed by atoms with Crippen molar-refractivity contribution in [2.75, 3.05) is 19.5 Å². The van der Waals surface area contributed by atoms with Crippen LogP contribution in [0.2, 0.25) is 0 Å². The molecule has 3 aromatic rings. The van der Waals surface area contributed by atoms with Crippen molar-refractivity contribution in [1.29, 1.82) is 0 Å². The van der Waals surface area contributed by atoms with Crippen molar-refractivity contribution in [3.05, 3.63) is 36.4 Å². The molecule has 2 N–H and O–H groups in total. The SMILES string of the molecule is CCOc1ccc(-n2c(N)nc3ccc(OC)nc32)cc1. The van der Waals surface area contributed by atoms with Crippen LogP contribution in [0.4, 0.5) is 5.95 Å². The van der Waals surface area contributed by atoms with Crippen LogP contribution in [0, 0.1) is 0 Å². The maximum Gasteiger partial charge on any atom is 0.215 e. The summed E-state index contributed by atoms with van der Waals surface area (Å²) in [4.78, 5) is 8.73. The molecule has 0 amide bonds. The summed E-state index contributed by atoms with van der Waals surface area (Å²) in [6.45, 7) is 2.58. The minimum Gasteiger partial charge on any atom is -0.494 e. The van der Waals surface area contributed by atoms with Crippen LogP contribution in [0.1, 0.15) is 6.92 Å². The van der Waals surface area contributed by atoms with Crippen LogP contribution in [0.3, 0.4) is 0 Å². The number of pyridine rings is 1. The Morgan fingerprint density at radius 2 is 1.86 bits per heavy atom. The number of methoxy groups -OCH3 is 1. The average Bonchev–Trinajstić information content (AvgIpc) is 2.83. The highest BCUT2D eigenvalue weighted by Gasteiger charge is 2.12. The highest BCUT2D eigenvalue weighted by atomic mass is 16.5. The van der Waals surface area contributed by atoms with Crippen LogP contribution in [0.25, 0.3) is 16.9 Å². The summed E-state index contributed by atoms with van der Waals surface area (Å²) < 4.78 is 12.4. The van der Waals surface area contributed by atoms with Crippen molar-refractivity contribution in [1.82, 2.24) is 14.5 Å². The Morgan fingerprint density at radius 1 is 1.10 bits per heavy atom. The number of benzene rings is 1. The van der Waals surface area contributed by atoms with E-state index in [1.807, 2.05) is 37.3 Å². The van der Waals surface area contributed by atoms with Crippen molar-refractivity contribution < 1.29 is 9.47 Å². The van der Waals surface area contributed by atoms with Gasteiger partial charge in [0, 0.05) is 6.07 Å². The summed E-state index contributed by atoms with van der Waals surface area (Å²) >= 11 is 0. The maximum atomic E-state index is 6.01. The summed E-state index contributed by atoms with van der Waals surface area (Å²) in [7, 11) is 1.58. The summed E-state index contributed by atoms with van der Waals surface area (Å²) in [6.07, 6.45) is 0. The number of ether oxygens (including phenoxy) is 2. The molecule has 0 fully saturated rings. The smallest absolute Gasteiger partial charge is 0.215 e. The fourth-order valence-electron chi connectivity index (χ4n) is 2.18. The highest BCUT2D eigenvalue weighted by molar-refractivity contribution is 5.77. The monoisotopic (exact) mass is 284 g/mol. The summed E-state index contributed by atoms with van der Waals surface area (Å²) in [6, 6.07) is 11.2. The number of hydrogen-bond acceptors (Lipinski definition) is 5. The molecule has 0 radical (unpaired) electrons. The zero-order valence-corrected chi connectivity index (χ0v) is 11.9. The fraction of sp³-hybridized carbons (Fsp3) is 0.200. The molecule has 0 atom stereocenters.